The van der Waals surface area contributed by atoms with Gasteiger partial charge in [-0.2, -0.15) is 0 Å². The molecule has 0 aliphatic rings. The van der Waals surface area contributed by atoms with Crippen LogP contribution < -0.4 is 11.1 Å². The molecule has 0 heterocycles. The van der Waals surface area contributed by atoms with Crippen LogP contribution in [0.1, 0.15) is 25.0 Å². The van der Waals surface area contributed by atoms with Crippen molar-refractivity contribution in [3.05, 3.63) is 35.4 Å². The fraction of sp³-hybridized carbons (Fsp3) is 0.500. The van der Waals surface area contributed by atoms with Crippen molar-refractivity contribution in [3.63, 3.8) is 0 Å². The van der Waals surface area contributed by atoms with E-state index in [1.165, 1.54) is 12.7 Å². The molecule has 1 amide bonds. The summed E-state index contributed by atoms with van der Waals surface area (Å²) in [5, 5.41) is 2.85. The number of benzene rings is 1. The van der Waals surface area contributed by atoms with Crippen molar-refractivity contribution in [2.45, 2.75) is 32.4 Å². The van der Waals surface area contributed by atoms with E-state index >= 15 is 0 Å². The first kappa shape index (κ1) is 14.7. The predicted octanol–water partition coefficient (Wildman–Crippen LogP) is 1.23. The lowest BCUT2D eigenvalue weighted by Crippen LogP contribution is -2.43. The van der Waals surface area contributed by atoms with Gasteiger partial charge in [0.15, 0.2) is 0 Å². The van der Waals surface area contributed by atoms with Crippen molar-refractivity contribution in [1.29, 1.82) is 0 Å². The van der Waals surface area contributed by atoms with Crippen molar-refractivity contribution in [2.75, 3.05) is 13.7 Å². The molecule has 0 aliphatic carbocycles. The fourth-order valence-electron chi connectivity index (χ4n) is 1.48. The quantitative estimate of drug-likeness (QED) is 0.798. The molecule has 0 aromatic heterocycles. The Bertz CT molecular complexity index is 385. The Morgan fingerprint density at radius 2 is 1.83 bits per heavy atom. The van der Waals surface area contributed by atoms with Gasteiger partial charge in [0.05, 0.1) is 0 Å². The first-order chi connectivity index (χ1) is 8.49. The number of hydrogen-bond acceptors (Lipinski definition) is 3. The van der Waals surface area contributed by atoms with Gasteiger partial charge in [0.2, 0.25) is 0 Å². The summed E-state index contributed by atoms with van der Waals surface area (Å²) in [7, 11) is 1.53. The molecule has 0 fully saturated rings. The van der Waals surface area contributed by atoms with Gasteiger partial charge >= 0.3 is 0 Å². The highest BCUT2D eigenvalue weighted by atomic mass is 16.5. The van der Waals surface area contributed by atoms with Gasteiger partial charge in [-0.05, 0) is 37.9 Å². The van der Waals surface area contributed by atoms with Crippen molar-refractivity contribution < 1.29 is 9.53 Å². The number of nitrogens with two attached hydrogens (primary N) is 1. The van der Waals surface area contributed by atoms with E-state index in [-0.39, 0.29) is 5.91 Å². The molecular weight excluding hydrogens is 228 g/mol. The third kappa shape index (κ3) is 4.13. The van der Waals surface area contributed by atoms with E-state index in [1.54, 1.807) is 13.8 Å². The average Bonchev–Trinajstić information content (AvgIpc) is 2.38. The van der Waals surface area contributed by atoms with Crippen LogP contribution >= 0.6 is 0 Å². The highest BCUT2D eigenvalue weighted by Gasteiger charge is 2.26. The number of rotatable bonds is 6. The maximum atomic E-state index is 11.8. The number of nitrogens with one attached hydrogen (secondary N) is 1. The van der Waals surface area contributed by atoms with E-state index in [2.05, 4.69) is 5.32 Å². The minimum Gasteiger partial charge on any atom is -0.369 e. The Kier molecular flexibility index (Phi) is 5.31. The maximum Gasteiger partial charge on any atom is 0.251 e. The number of carbonyl (C=O) groups is 1. The van der Waals surface area contributed by atoms with Crippen molar-refractivity contribution >= 4 is 5.91 Å². The first-order valence-corrected chi connectivity index (χ1v) is 6.11. The third-order valence-corrected chi connectivity index (χ3v) is 2.97. The molecule has 0 saturated heterocycles. The zero-order chi connectivity index (χ0) is 13.6. The summed E-state index contributed by atoms with van der Waals surface area (Å²) in [6, 6.07) is 8.09. The topological polar surface area (TPSA) is 64.3 Å². The van der Waals surface area contributed by atoms with Crippen LogP contribution in [0.3, 0.4) is 0 Å². The van der Waals surface area contributed by atoms with Crippen molar-refractivity contribution in [3.8, 4) is 0 Å². The van der Waals surface area contributed by atoms with Gasteiger partial charge in [-0.1, -0.05) is 24.3 Å². The molecule has 100 valence electrons. The number of ether oxygens (including phenoxy) is 1. The lowest BCUT2D eigenvalue weighted by Gasteiger charge is -2.21. The summed E-state index contributed by atoms with van der Waals surface area (Å²) in [6.45, 7) is 4.64. The zero-order valence-corrected chi connectivity index (χ0v) is 11.3. The van der Waals surface area contributed by atoms with Gasteiger partial charge in [0.25, 0.3) is 5.91 Å². The van der Waals surface area contributed by atoms with Gasteiger partial charge in [0.1, 0.15) is 5.60 Å². The normalized spacial score (nSPS) is 11.3. The summed E-state index contributed by atoms with van der Waals surface area (Å²) in [4.78, 5) is 11.8. The Morgan fingerprint density at radius 3 is 2.33 bits per heavy atom. The molecule has 0 radical (unpaired) electrons. The summed E-state index contributed by atoms with van der Waals surface area (Å²) in [5.74, 6) is -0.115. The number of carbonyl (C=O) groups excluding carboxylic acids is 1. The van der Waals surface area contributed by atoms with Crippen LogP contribution in [0.25, 0.3) is 0 Å². The largest absolute Gasteiger partial charge is 0.369 e. The van der Waals surface area contributed by atoms with Crippen LogP contribution in [0.2, 0.25) is 0 Å². The molecular formula is C14H22N2O2. The highest BCUT2D eigenvalue weighted by molar-refractivity contribution is 5.84. The van der Waals surface area contributed by atoms with Crippen LogP contribution in [-0.4, -0.2) is 25.2 Å². The molecule has 0 atom stereocenters. The summed E-state index contributed by atoms with van der Waals surface area (Å²) >= 11 is 0. The third-order valence-electron chi connectivity index (χ3n) is 2.97. The summed E-state index contributed by atoms with van der Waals surface area (Å²) < 4.78 is 5.11. The zero-order valence-electron chi connectivity index (χ0n) is 11.3. The van der Waals surface area contributed by atoms with Gasteiger partial charge in [0, 0.05) is 13.7 Å². The van der Waals surface area contributed by atoms with E-state index in [9.17, 15) is 4.79 Å². The standard InChI is InChI=1S/C14H22N2O2/c1-14(2,18-3)13(17)16-10-12-6-4-11(5-7-12)8-9-15/h4-7H,8-10,15H2,1-3H3,(H,16,17). The second-order valence-corrected chi connectivity index (χ2v) is 4.75. The van der Waals surface area contributed by atoms with E-state index < -0.39 is 5.60 Å². The van der Waals surface area contributed by atoms with Crippen molar-refractivity contribution in [2.24, 2.45) is 5.73 Å². The molecule has 0 saturated carbocycles. The van der Waals surface area contributed by atoms with E-state index in [0.29, 0.717) is 13.1 Å². The maximum absolute atomic E-state index is 11.8. The molecule has 4 nitrogen and oxygen atoms in total. The monoisotopic (exact) mass is 250 g/mol. The molecule has 3 N–H and O–H groups in total. The minimum absolute atomic E-state index is 0.115. The molecule has 0 unspecified atom stereocenters. The van der Waals surface area contributed by atoms with E-state index in [1.807, 2.05) is 24.3 Å². The molecule has 1 rings (SSSR count). The van der Waals surface area contributed by atoms with Gasteiger partial charge in [-0.3, -0.25) is 4.79 Å². The molecule has 1 aromatic carbocycles. The minimum atomic E-state index is -0.792. The van der Waals surface area contributed by atoms with Gasteiger partial charge < -0.3 is 15.8 Å². The highest BCUT2D eigenvalue weighted by Crippen LogP contribution is 2.09. The Morgan fingerprint density at radius 1 is 1.28 bits per heavy atom. The summed E-state index contributed by atoms with van der Waals surface area (Å²) in [6.07, 6.45) is 0.878. The number of methoxy groups -OCH3 is 1. The number of hydrogen-bond donors (Lipinski definition) is 2. The molecule has 0 spiro atoms. The van der Waals surface area contributed by atoms with Crippen LogP contribution in [0.5, 0.6) is 0 Å². The molecule has 0 bridgehead atoms. The smallest absolute Gasteiger partial charge is 0.251 e. The Labute approximate surface area is 109 Å². The second kappa shape index (κ2) is 6.52. The van der Waals surface area contributed by atoms with Gasteiger partial charge in [-0.15, -0.1) is 0 Å². The second-order valence-electron chi connectivity index (χ2n) is 4.75. The fourth-order valence-corrected chi connectivity index (χ4v) is 1.48. The lowest BCUT2D eigenvalue weighted by molar-refractivity contribution is -0.139. The first-order valence-electron chi connectivity index (χ1n) is 6.11. The molecule has 4 heteroatoms. The SMILES string of the molecule is COC(C)(C)C(=O)NCc1ccc(CCN)cc1. The molecule has 1 aromatic rings. The number of amides is 1. The van der Waals surface area contributed by atoms with Crippen molar-refractivity contribution in [1.82, 2.24) is 5.32 Å². The Hall–Kier alpha value is -1.39. The lowest BCUT2D eigenvalue weighted by atomic mass is 10.1. The van der Waals surface area contributed by atoms with E-state index in [4.69, 9.17) is 10.5 Å². The van der Waals surface area contributed by atoms with E-state index in [0.717, 1.165) is 12.0 Å². The predicted molar refractivity (Wildman–Crippen MR) is 72.1 cm³/mol. The van der Waals surface area contributed by atoms with Crippen LogP contribution in [0.4, 0.5) is 0 Å². The summed E-state index contributed by atoms with van der Waals surface area (Å²) in [5.41, 5.74) is 6.98. The molecule has 0 aliphatic heterocycles. The van der Waals surface area contributed by atoms with Gasteiger partial charge in [-0.25, -0.2) is 0 Å². The average molecular weight is 250 g/mol. The molecule has 18 heavy (non-hydrogen) atoms. The Balaban J connectivity index is 2.51. The van der Waals surface area contributed by atoms with Crippen LogP contribution in [-0.2, 0) is 22.5 Å². The van der Waals surface area contributed by atoms with Crippen LogP contribution in [0, 0.1) is 0 Å². The van der Waals surface area contributed by atoms with Crippen LogP contribution in [0.15, 0.2) is 24.3 Å².